The second-order valence-electron chi connectivity index (χ2n) is 9.85. The van der Waals surface area contributed by atoms with Crippen LogP contribution < -0.4 is 15.8 Å². The summed E-state index contributed by atoms with van der Waals surface area (Å²) in [6.07, 6.45) is 2.43. The zero-order chi connectivity index (χ0) is 26.7. The van der Waals surface area contributed by atoms with Crippen molar-refractivity contribution in [2.45, 2.75) is 70.3 Å². The maximum absolute atomic E-state index is 13.2. The first-order valence-electron chi connectivity index (χ1n) is 12.4. The summed E-state index contributed by atoms with van der Waals surface area (Å²) in [6, 6.07) is -0.645. The predicted molar refractivity (Wildman–Crippen MR) is 130 cm³/mol. The average molecular weight is 524 g/mol. The number of nitrogens with zero attached hydrogens (tertiary/aromatic N) is 5. The van der Waals surface area contributed by atoms with Crippen molar-refractivity contribution in [1.29, 1.82) is 0 Å². The number of hydrogen-bond acceptors (Lipinski definition) is 8. The van der Waals surface area contributed by atoms with Gasteiger partial charge in [0, 0.05) is 43.6 Å². The van der Waals surface area contributed by atoms with Crippen molar-refractivity contribution < 1.29 is 22.7 Å². The summed E-state index contributed by atoms with van der Waals surface area (Å²) in [7, 11) is 0. The summed E-state index contributed by atoms with van der Waals surface area (Å²) in [5, 5.41) is 7.84. The number of alkyl halides is 3. The van der Waals surface area contributed by atoms with Gasteiger partial charge in [-0.05, 0) is 45.1 Å². The molecule has 1 saturated carbocycles. The third kappa shape index (κ3) is 6.56. The second kappa shape index (κ2) is 11.0. The van der Waals surface area contributed by atoms with E-state index in [1.807, 2.05) is 31.1 Å². The molecule has 3 atom stereocenters. The molecular formula is C24H32F3N7O3. The van der Waals surface area contributed by atoms with Crippen LogP contribution in [-0.4, -0.2) is 75.4 Å². The van der Waals surface area contributed by atoms with Gasteiger partial charge in [0.2, 0.25) is 11.9 Å². The molecule has 2 fully saturated rings. The lowest BCUT2D eigenvalue weighted by Gasteiger charge is -2.44. The molecule has 13 heteroatoms. The second-order valence-corrected chi connectivity index (χ2v) is 9.85. The van der Waals surface area contributed by atoms with Gasteiger partial charge in [0.1, 0.15) is 5.56 Å². The Morgan fingerprint density at radius 1 is 1.19 bits per heavy atom. The Balaban J connectivity index is 1.23. The maximum Gasteiger partial charge on any atom is 0.423 e. The van der Waals surface area contributed by atoms with E-state index in [0.717, 1.165) is 6.20 Å². The van der Waals surface area contributed by atoms with Crippen LogP contribution in [0.1, 0.15) is 57.1 Å². The normalized spacial score (nSPS) is 21.1. The molecule has 3 heterocycles. The molecule has 2 N–H and O–H groups in total. The van der Waals surface area contributed by atoms with Crippen molar-refractivity contribution >= 4 is 17.5 Å². The van der Waals surface area contributed by atoms with E-state index in [9.17, 15) is 22.8 Å². The standard InChI is InChI=1S/C24H32F3N7O3/c1-14(31-19-10-30-32-22(36)21(19)24(25,26)27)13-37-7-6-20(35)34-15(2)11-33(12-16(34)3)23-28-8-18(9-29-23)17-4-5-17/h8-10,14-17H,4-7,11-13H2,1-3H3,(H2,31,32,36)/t14-,15-,16+/m0/s1. The molecule has 2 aliphatic rings. The molecule has 1 aliphatic heterocycles. The maximum atomic E-state index is 13.2. The number of carbonyl (C=O) groups excluding carboxylic acids is 1. The zero-order valence-corrected chi connectivity index (χ0v) is 21.1. The number of ether oxygens (including phenoxy) is 1. The highest BCUT2D eigenvalue weighted by atomic mass is 19.4. The SMILES string of the molecule is C[C@@H]1CN(c2ncc(C3CC3)cn2)C[C@H](C)N1C(=O)CCOC[C@H](C)Nc1cn[nH]c(=O)c1C(F)(F)F. The smallest absolute Gasteiger partial charge is 0.379 e. The van der Waals surface area contributed by atoms with E-state index in [0.29, 0.717) is 25.0 Å². The van der Waals surface area contributed by atoms with Crippen LogP contribution in [0.25, 0.3) is 0 Å². The molecule has 0 radical (unpaired) electrons. The quantitative estimate of drug-likeness (QED) is 0.482. The number of piperazine rings is 1. The van der Waals surface area contributed by atoms with Crippen LogP contribution in [0, 0.1) is 0 Å². The largest absolute Gasteiger partial charge is 0.423 e. The van der Waals surface area contributed by atoms with Crippen LogP contribution in [0.2, 0.25) is 0 Å². The highest BCUT2D eigenvalue weighted by molar-refractivity contribution is 5.77. The fourth-order valence-electron chi connectivity index (χ4n) is 4.74. The van der Waals surface area contributed by atoms with Gasteiger partial charge < -0.3 is 19.9 Å². The summed E-state index contributed by atoms with van der Waals surface area (Å²) in [4.78, 5) is 37.5. The Labute approximate surface area is 212 Å². The first-order chi connectivity index (χ1) is 17.5. The van der Waals surface area contributed by atoms with Crippen LogP contribution in [-0.2, 0) is 15.7 Å². The van der Waals surface area contributed by atoms with Crippen molar-refractivity contribution in [3.8, 4) is 0 Å². The molecule has 4 rings (SSSR count). The summed E-state index contributed by atoms with van der Waals surface area (Å²) < 4.78 is 45.1. The minimum Gasteiger partial charge on any atom is -0.379 e. The number of hydrogen-bond donors (Lipinski definition) is 2. The van der Waals surface area contributed by atoms with Crippen molar-refractivity contribution in [1.82, 2.24) is 25.1 Å². The summed E-state index contributed by atoms with van der Waals surface area (Å²) in [5.74, 6) is 1.21. The van der Waals surface area contributed by atoms with Crippen molar-refractivity contribution in [2.75, 3.05) is 36.5 Å². The molecule has 2 aromatic heterocycles. The van der Waals surface area contributed by atoms with Crippen LogP contribution in [0.5, 0.6) is 0 Å². The van der Waals surface area contributed by atoms with Crippen molar-refractivity contribution in [3.05, 3.63) is 40.1 Å². The van der Waals surface area contributed by atoms with Gasteiger partial charge in [-0.1, -0.05) is 0 Å². The van der Waals surface area contributed by atoms with Gasteiger partial charge in [0.05, 0.1) is 31.5 Å². The Morgan fingerprint density at radius 3 is 2.43 bits per heavy atom. The molecule has 10 nitrogen and oxygen atoms in total. The third-order valence-electron chi connectivity index (χ3n) is 6.57. The molecule has 202 valence electrons. The molecule has 0 aromatic carbocycles. The number of nitrogens with one attached hydrogen (secondary N) is 2. The molecule has 37 heavy (non-hydrogen) atoms. The fraction of sp³-hybridized carbons (Fsp3) is 0.625. The summed E-state index contributed by atoms with van der Waals surface area (Å²) in [6.45, 7) is 6.99. The van der Waals surface area contributed by atoms with Gasteiger partial charge in [0.15, 0.2) is 0 Å². The lowest BCUT2D eigenvalue weighted by atomic mass is 10.1. The van der Waals surface area contributed by atoms with Crippen LogP contribution in [0.15, 0.2) is 23.4 Å². The molecule has 1 saturated heterocycles. The number of amides is 1. The monoisotopic (exact) mass is 523 g/mol. The van der Waals surface area contributed by atoms with E-state index in [-0.39, 0.29) is 37.6 Å². The minimum atomic E-state index is -4.82. The van der Waals surface area contributed by atoms with E-state index in [1.165, 1.54) is 18.4 Å². The lowest BCUT2D eigenvalue weighted by molar-refractivity contribution is -0.138. The topological polar surface area (TPSA) is 116 Å². The van der Waals surface area contributed by atoms with Crippen molar-refractivity contribution in [2.24, 2.45) is 0 Å². The molecule has 1 aliphatic carbocycles. The first-order valence-corrected chi connectivity index (χ1v) is 12.4. The van der Waals surface area contributed by atoms with Gasteiger partial charge in [-0.15, -0.1) is 0 Å². The number of aromatic nitrogens is 4. The Morgan fingerprint density at radius 2 is 1.84 bits per heavy atom. The van der Waals surface area contributed by atoms with E-state index in [2.05, 4.69) is 25.3 Å². The first kappa shape index (κ1) is 26.8. The number of aromatic amines is 1. The third-order valence-corrected chi connectivity index (χ3v) is 6.57. The number of H-pyrrole nitrogens is 1. The number of rotatable bonds is 9. The number of carbonyl (C=O) groups is 1. The van der Waals surface area contributed by atoms with E-state index in [4.69, 9.17) is 4.74 Å². The molecule has 0 bridgehead atoms. The van der Waals surface area contributed by atoms with Crippen LogP contribution >= 0.6 is 0 Å². The Hall–Kier alpha value is -3.22. The Bertz CT molecular complexity index is 1130. The molecule has 1 amide bonds. The van der Waals surface area contributed by atoms with Gasteiger partial charge in [-0.3, -0.25) is 9.59 Å². The van der Waals surface area contributed by atoms with Crippen LogP contribution in [0.3, 0.4) is 0 Å². The number of halogens is 3. The lowest BCUT2D eigenvalue weighted by Crippen LogP contribution is -2.59. The number of anilines is 2. The predicted octanol–water partition coefficient (Wildman–Crippen LogP) is 2.79. The van der Waals surface area contributed by atoms with Gasteiger partial charge in [0.25, 0.3) is 5.56 Å². The van der Waals surface area contributed by atoms with Gasteiger partial charge in [-0.25, -0.2) is 15.1 Å². The minimum absolute atomic E-state index is 0.0461. The zero-order valence-electron chi connectivity index (χ0n) is 21.1. The molecular weight excluding hydrogens is 491 g/mol. The summed E-state index contributed by atoms with van der Waals surface area (Å²) in [5.41, 5.74) is -1.90. The van der Waals surface area contributed by atoms with E-state index < -0.39 is 29.0 Å². The molecule has 0 unspecified atom stereocenters. The van der Waals surface area contributed by atoms with E-state index in [1.54, 1.807) is 12.0 Å². The Kier molecular flexibility index (Phi) is 8.00. The average Bonchev–Trinajstić information content (AvgIpc) is 3.66. The van der Waals surface area contributed by atoms with E-state index >= 15 is 0 Å². The molecule has 2 aromatic rings. The highest BCUT2D eigenvalue weighted by Crippen LogP contribution is 2.39. The van der Waals surface area contributed by atoms with Crippen molar-refractivity contribution in [3.63, 3.8) is 0 Å². The molecule has 0 spiro atoms. The summed E-state index contributed by atoms with van der Waals surface area (Å²) >= 11 is 0. The highest BCUT2D eigenvalue weighted by Gasteiger charge is 2.38. The van der Waals surface area contributed by atoms with Crippen LogP contribution in [0.4, 0.5) is 24.8 Å². The van der Waals surface area contributed by atoms with Gasteiger partial charge in [-0.2, -0.15) is 18.3 Å². The van der Waals surface area contributed by atoms with Gasteiger partial charge >= 0.3 is 6.18 Å². The fourth-order valence-corrected chi connectivity index (χ4v) is 4.74.